The molecule has 9 heteroatoms. The topological polar surface area (TPSA) is 119 Å². The number of rotatable bonds is 4. The van der Waals surface area contributed by atoms with E-state index in [2.05, 4.69) is 5.10 Å². The lowest BCUT2D eigenvalue weighted by Gasteiger charge is -2.32. The molecule has 0 aliphatic carbocycles. The van der Waals surface area contributed by atoms with Crippen LogP contribution in [0.1, 0.15) is 19.3 Å². The Labute approximate surface area is 113 Å². The number of carbonyl (C=O) groups is 2. The number of amides is 1. The summed E-state index contributed by atoms with van der Waals surface area (Å²) < 4.78 is 1.15. The van der Waals surface area contributed by atoms with E-state index in [1.54, 1.807) is 0 Å². The summed E-state index contributed by atoms with van der Waals surface area (Å²) in [6.07, 6.45) is 4.17. The van der Waals surface area contributed by atoms with Crippen molar-refractivity contribution >= 4 is 17.6 Å². The largest absolute Gasteiger partial charge is 0.480 e. The molecule has 20 heavy (non-hydrogen) atoms. The van der Waals surface area contributed by atoms with E-state index in [0.29, 0.717) is 13.0 Å². The van der Waals surface area contributed by atoms with Crippen molar-refractivity contribution in [2.45, 2.75) is 31.8 Å². The highest BCUT2D eigenvalue weighted by Gasteiger charge is 2.32. The number of hydrogen-bond donors (Lipinski definition) is 1. The number of carboxylic acid groups (broad SMARTS) is 1. The van der Waals surface area contributed by atoms with E-state index in [0.717, 1.165) is 29.9 Å². The van der Waals surface area contributed by atoms with E-state index in [1.165, 1.54) is 4.90 Å². The number of aliphatic carboxylic acids is 1. The highest BCUT2D eigenvalue weighted by atomic mass is 16.6. The predicted octanol–water partition coefficient (Wildman–Crippen LogP) is 0.257. The van der Waals surface area contributed by atoms with Crippen LogP contribution in [-0.4, -0.2) is 49.2 Å². The van der Waals surface area contributed by atoms with E-state index in [-0.39, 0.29) is 12.2 Å². The van der Waals surface area contributed by atoms with Gasteiger partial charge in [0.1, 0.15) is 25.0 Å². The third-order valence-corrected chi connectivity index (χ3v) is 3.24. The molecule has 1 N–H and O–H groups in total. The molecule has 0 bridgehead atoms. The number of aromatic nitrogens is 2. The third-order valence-electron chi connectivity index (χ3n) is 3.24. The molecule has 1 amide bonds. The summed E-state index contributed by atoms with van der Waals surface area (Å²) in [6, 6.07) is -0.818. The summed E-state index contributed by atoms with van der Waals surface area (Å²) in [6.45, 7) is 0.191. The summed E-state index contributed by atoms with van der Waals surface area (Å²) >= 11 is 0. The molecule has 2 heterocycles. The van der Waals surface area contributed by atoms with Gasteiger partial charge in [-0.05, 0) is 19.3 Å². The fourth-order valence-corrected chi connectivity index (χ4v) is 2.25. The number of carbonyl (C=O) groups excluding carboxylic acids is 1. The molecule has 1 atom stereocenters. The Morgan fingerprint density at radius 2 is 2.25 bits per heavy atom. The van der Waals surface area contributed by atoms with Crippen molar-refractivity contribution in [3.8, 4) is 0 Å². The number of likely N-dealkylation sites (tertiary alicyclic amines) is 1. The fraction of sp³-hybridized carbons (Fsp3) is 0.545. The fourth-order valence-electron chi connectivity index (χ4n) is 2.25. The van der Waals surface area contributed by atoms with E-state index >= 15 is 0 Å². The Hall–Kier alpha value is -2.45. The Balaban J connectivity index is 2.05. The molecule has 1 aliphatic heterocycles. The van der Waals surface area contributed by atoms with E-state index < -0.39 is 22.8 Å². The number of carboxylic acids is 1. The van der Waals surface area contributed by atoms with Crippen molar-refractivity contribution in [2.24, 2.45) is 0 Å². The average Bonchev–Trinajstić information content (AvgIpc) is 2.87. The molecule has 108 valence electrons. The van der Waals surface area contributed by atoms with Crippen LogP contribution >= 0.6 is 0 Å². The predicted molar refractivity (Wildman–Crippen MR) is 65.9 cm³/mol. The van der Waals surface area contributed by atoms with Gasteiger partial charge < -0.3 is 10.0 Å². The minimum Gasteiger partial charge on any atom is -0.480 e. The Morgan fingerprint density at radius 3 is 2.85 bits per heavy atom. The van der Waals surface area contributed by atoms with Crippen molar-refractivity contribution < 1.29 is 19.6 Å². The van der Waals surface area contributed by atoms with E-state index in [4.69, 9.17) is 5.11 Å². The maximum absolute atomic E-state index is 12.1. The normalized spacial score (nSPS) is 18.8. The molecule has 1 aromatic heterocycles. The molecule has 0 aromatic carbocycles. The molecule has 0 saturated carbocycles. The molecule has 1 aromatic rings. The van der Waals surface area contributed by atoms with E-state index in [1.807, 2.05) is 0 Å². The van der Waals surface area contributed by atoms with Gasteiger partial charge in [-0.1, -0.05) is 0 Å². The van der Waals surface area contributed by atoms with Crippen LogP contribution in [0.3, 0.4) is 0 Å². The smallest absolute Gasteiger partial charge is 0.326 e. The van der Waals surface area contributed by atoms with Gasteiger partial charge in [0, 0.05) is 6.54 Å². The lowest BCUT2D eigenvalue weighted by molar-refractivity contribution is -0.385. The minimum absolute atomic E-state index is 0.197. The second-order valence-electron chi connectivity index (χ2n) is 4.59. The minimum atomic E-state index is -1.02. The van der Waals surface area contributed by atoms with Crippen LogP contribution in [0.15, 0.2) is 12.4 Å². The lowest BCUT2D eigenvalue weighted by atomic mass is 10.0. The van der Waals surface area contributed by atoms with Crippen LogP contribution in [0, 0.1) is 10.1 Å². The van der Waals surface area contributed by atoms with Gasteiger partial charge in [-0.3, -0.25) is 19.6 Å². The molecule has 1 saturated heterocycles. The second kappa shape index (κ2) is 5.68. The first-order valence-corrected chi connectivity index (χ1v) is 6.18. The quantitative estimate of drug-likeness (QED) is 0.624. The zero-order valence-electron chi connectivity index (χ0n) is 10.6. The molecule has 0 unspecified atom stereocenters. The molecule has 9 nitrogen and oxygen atoms in total. The summed E-state index contributed by atoms with van der Waals surface area (Å²) in [5, 5.41) is 23.3. The van der Waals surface area contributed by atoms with Crippen molar-refractivity contribution in [2.75, 3.05) is 6.54 Å². The van der Waals surface area contributed by atoms with Gasteiger partial charge in [0.15, 0.2) is 0 Å². The van der Waals surface area contributed by atoms with Crippen LogP contribution in [0.25, 0.3) is 0 Å². The maximum atomic E-state index is 12.1. The van der Waals surface area contributed by atoms with Crippen LogP contribution in [0.4, 0.5) is 5.69 Å². The highest BCUT2D eigenvalue weighted by Crippen LogP contribution is 2.18. The van der Waals surface area contributed by atoms with Crippen LogP contribution in [0.2, 0.25) is 0 Å². The SMILES string of the molecule is O=C(O)[C@@H]1CCCCN1C(=O)Cn1cc([N+](=O)[O-])cn1. The van der Waals surface area contributed by atoms with Gasteiger partial charge in [-0.2, -0.15) is 5.10 Å². The molecule has 1 aliphatic rings. The molecule has 0 spiro atoms. The number of piperidine rings is 1. The average molecular weight is 282 g/mol. The van der Waals surface area contributed by atoms with Crippen molar-refractivity contribution in [1.82, 2.24) is 14.7 Å². The monoisotopic (exact) mass is 282 g/mol. The van der Waals surface area contributed by atoms with Gasteiger partial charge in [-0.15, -0.1) is 0 Å². The number of nitro groups is 1. The van der Waals surface area contributed by atoms with Crippen LogP contribution < -0.4 is 0 Å². The Morgan fingerprint density at radius 1 is 1.50 bits per heavy atom. The van der Waals surface area contributed by atoms with Crippen LogP contribution in [0.5, 0.6) is 0 Å². The van der Waals surface area contributed by atoms with Gasteiger partial charge >= 0.3 is 11.7 Å². The zero-order valence-corrected chi connectivity index (χ0v) is 10.6. The van der Waals surface area contributed by atoms with E-state index in [9.17, 15) is 19.7 Å². The summed E-state index contributed by atoms with van der Waals surface area (Å²) in [5.74, 6) is -1.42. The first-order chi connectivity index (χ1) is 9.49. The van der Waals surface area contributed by atoms with Crippen molar-refractivity contribution in [3.63, 3.8) is 0 Å². The highest BCUT2D eigenvalue weighted by molar-refractivity contribution is 5.83. The first kappa shape index (κ1) is 14.0. The van der Waals surface area contributed by atoms with Crippen molar-refractivity contribution in [1.29, 1.82) is 0 Å². The molecular weight excluding hydrogens is 268 g/mol. The molecule has 2 rings (SSSR count). The van der Waals surface area contributed by atoms with Crippen molar-refractivity contribution in [3.05, 3.63) is 22.5 Å². The maximum Gasteiger partial charge on any atom is 0.326 e. The third kappa shape index (κ3) is 2.92. The summed E-state index contributed by atoms with van der Waals surface area (Å²) in [5.41, 5.74) is -0.203. The van der Waals surface area contributed by atoms with Gasteiger partial charge in [0.25, 0.3) is 0 Å². The Kier molecular flexibility index (Phi) is 3.97. The zero-order chi connectivity index (χ0) is 14.7. The number of hydrogen-bond acceptors (Lipinski definition) is 5. The summed E-state index contributed by atoms with van der Waals surface area (Å²) in [7, 11) is 0. The lowest BCUT2D eigenvalue weighted by Crippen LogP contribution is -2.49. The Bertz CT molecular complexity index is 541. The van der Waals surface area contributed by atoms with Gasteiger partial charge in [0.05, 0.1) is 4.92 Å². The molecule has 1 fully saturated rings. The van der Waals surface area contributed by atoms with Gasteiger partial charge in [-0.25, -0.2) is 4.79 Å². The standard InChI is InChI=1S/C11H14N4O5/c16-10(7-13-6-8(5-12-13)15(19)20)14-4-2-1-3-9(14)11(17)18/h5-6,9H,1-4,7H2,(H,17,18)/t9-/m0/s1. The summed E-state index contributed by atoms with van der Waals surface area (Å²) in [4.78, 5) is 34.4. The van der Waals surface area contributed by atoms with Crippen LogP contribution in [-0.2, 0) is 16.1 Å². The first-order valence-electron chi connectivity index (χ1n) is 6.18. The number of nitrogens with zero attached hydrogens (tertiary/aromatic N) is 4. The van der Waals surface area contributed by atoms with Gasteiger partial charge in [0.2, 0.25) is 5.91 Å². The second-order valence-corrected chi connectivity index (χ2v) is 4.59. The molecular formula is C11H14N4O5. The molecule has 0 radical (unpaired) electrons.